The number of fused-ring (bicyclic) bond motifs is 1. The van der Waals surface area contributed by atoms with E-state index in [4.69, 9.17) is 4.74 Å². The number of halogens is 1. The maximum Gasteiger partial charge on any atom is 0.255 e. The molecule has 4 heteroatoms. The minimum absolute atomic E-state index is 0.163. The Hall–Kier alpha value is -1.16. The summed E-state index contributed by atoms with van der Waals surface area (Å²) in [7, 11) is 0. The van der Waals surface area contributed by atoms with Gasteiger partial charge in [-0.1, -0.05) is 0 Å². The summed E-state index contributed by atoms with van der Waals surface area (Å²) in [6.07, 6.45) is 3.67. The number of rotatable bonds is 2. The number of pyridine rings is 1. The summed E-state index contributed by atoms with van der Waals surface area (Å²) in [6, 6.07) is 3.35. The maximum absolute atomic E-state index is 13.3. The van der Waals surface area contributed by atoms with Gasteiger partial charge in [0.2, 0.25) is 0 Å². The zero-order valence-electron chi connectivity index (χ0n) is 9.03. The highest BCUT2D eigenvalue weighted by Crippen LogP contribution is 2.36. The largest absolute Gasteiger partial charge is 0.486 e. The molecule has 0 radical (unpaired) electrons. The lowest BCUT2D eigenvalue weighted by Crippen LogP contribution is -2.19. The number of nitrogens with zero attached hydrogens (tertiary/aromatic N) is 1. The molecule has 0 amide bonds. The van der Waals surface area contributed by atoms with Crippen LogP contribution >= 0.6 is 0 Å². The lowest BCUT2D eigenvalue weighted by atomic mass is 10.0. The van der Waals surface area contributed by atoms with Gasteiger partial charge in [-0.05, 0) is 49.9 Å². The monoisotopic (exact) mass is 222 g/mol. The molecule has 0 aromatic carbocycles. The number of aromatic nitrogens is 1. The van der Waals surface area contributed by atoms with Crippen LogP contribution in [0.15, 0.2) is 18.3 Å². The molecule has 2 aliphatic rings. The third-order valence-corrected chi connectivity index (χ3v) is 3.63. The average Bonchev–Trinajstić information content (AvgIpc) is 2.81. The molecule has 2 fully saturated rings. The molecule has 86 valence electrons. The first-order valence-corrected chi connectivity index (χ1v) is 5.81. The highest BCUT2D eigenvalue weighted by Gasteiger charge is 2.38. The molecule has 3 atom stereocenters. The molecule has 3 rings (SSSR count). The van der Waals surface area contributed by atoms with Crippen LogP contribution in [0.4, 0.5) is 4.39 Å². The minimum Gasteiger partial charge on any atom is -0.486 e. The molecular weight excluding hydrogens is 207 g/mol. The summed E-state index contributed by atoms with van der Waals surface area (Å²) < 4.78 is 19.0. The Balaban J connectivity index is 1.66. The average molecular weight is 222 g/mol. The van der Waals surface area contributed by atoms with Gasteiger partial charge in [0.1, 0.15) is 0 Å². The van der Waals surface area contributed by atoms with Crippen LogP contribution in [0.5, 0.6) is 5.75 Å². The van der Waals surface area contributed by atoms with Crippen molar-refractivity contribution in [2.75, 3.05) is 13.1 Å². The summed E-state index contributed by atoms with van der Waals surface area (Å²) >= 11 is 0. The molecule has 1 aliphatic carbocycles. The van der Waals surface area contributed by atoms with Crippen molar-refractivity contribution in [3.8, 4) is 5.75 Å². The van der Waals surface area contributed by atoms with Crippen LogP contribution in [0.3, 0.4) is 0 Å². The number of hydrogen-bond donors (Lipinski definition) is 1. The summed E-state index contributed by atoms with van der Waals surface area (Å²) in [5, 5.41) is 3.38. The Morgan fingerprint density at radius 2 is 2.06 bits per heavy atom. The van der Waals surface area contributed by atoms with E-state index in [0.717, 1.165) is 25.9 Å². The Bertz CT molecular complexity index is 373. The maximum atomic E-state index is 13.3. The van der Waals surface area contributed by atoms with Gasteiger partial charge in [0.05, 0.1) is 6.10 Å². The predicted molar refractivity (Wildman–Crippen MR) is 57.7 cm³/mol. The van der Waals surface area contributed by atoms with E-state index in [0.29, 0.717) is 17.6 Å². The third-order valence-electron chi connectivity index (χ3n) is 3.63. The molecule has 0 spiro atoms. The van der Waals surface area contributed by atoms with Gasteiger partial charge in [0, 0.05) is 6.20 Å². The summed E-state index contributed by atoms with van der Waals surface area (Å²) in [6.45, 7) is 2.17. The van der Waals surface area contributed by atoms with Crippen LogP contribution in [-0.2, 0) is 0 Å². The number of hydrogen-bond acceptors (Lipinski definition) is 3. The van der Waals surface area contributed by atoms with Gasteiger partial charge in [0.15, 0.2) is 5.75 Å². The topological polar surface area (TPSA) is 34.1 Å². The second kappa shape index (κ2) is 4.01. The second-order valence-electron chi connectivity index (χ2n) is 4.68. The predicted octanol–water partition coefficient (Wildman–Crippen LogP) is 1.60. The number of ether oxygens (including phenoxy) is 1. The molecule has 1 saturated heterocycles. The molecule has 16 heavy (non-hydrogen) atoms. The zero-order chi connectivity index (χ0) is 11.0. The molecule has 1 aromatic heterocycles. The Labute approximate surface area is 94.0 Å². The fourth-order valence-corrected chi connectivity index (χ4v) is 2.85. The van der Waals surface area contributed by atoms with Crippen molar-refractivity contribution < 1.29 is 9.13 Å². The van der Waals surface area contributed by atoms with Crippen LogP contribution in [-0.4, -0.2) is 24.2 Å². The van der Waals surface area contributed by atoms with Crippen molar-refractivity contribution in [2.45, 2.75) is 18.9 Å². The highest BCUT2D eigenvalue weighted by molar-refractivity contribution is 5.18. The van der Waals surface area contributed by atoms with Crippen molar-refractivity contribution in [1.29, 1.82) is 0 Å². The summed E-state index contributed by atoms with van der Waals surface area (Å²) in [5.41, 5.74) is 0. The van der Waals surface area contributed by atoms with E-state index in [9.17, 15) is 4.39 Å². The van der Waals surface area contributed by atoms with Gasteiger partial charge in [0.25, 0.3) is 5.95 Å². The lowest BCUT2D eigenvalue weighted by molar-refractivity contribution is 0.188. The van der Waals surface area contributed by atoms with E-state index < -0.39 is 5.95 Å². The summed E-state index contributed by atoms with van der Waals surface area (Å²) in [5.74, 6) is 1.22. The van der Waals surface area contributed by atoms with Crippen molar-refractivity contribution in [3.63, 3.8) is 0 Å². The first kappa shape index (κ1) is 10.0. The van der Waals surface area contributed by atoms with Crippen molar-refractivity contribution in [1.82, 2.24) is 10.3 Å². The molecule has 1 N–H and O–H groups in total. The van der Waals surface area contributed by atoms with Gasteiger partial charge >= 0.3 is 0 Å². The molecule has 2 heterocycles. The van der Waals surface area contributed by atoms with Gasteiger partial charge in [-0.3, -0.25) is 0 Å². The van der Waals surface area contributed by atoms with E-state index in [1.54, 1.807) is 12.1 Å². The lowest BCUT2D eigenvalue weighted by Gasteiger charge is -2.14. The Morgan fingerprint density at radius 1 is 1.31 bits per heavy atom. The first-order valence-electron chi connectivity index (χ1n) is 5.81. The van der Waals surface area contributed by atoms with E-state index in [2.05, 4.69) is 10.3 Å². The van der Waals surface area contributed by atoms with E-state index >= 15 is 0 Å². The minimum atomic E-state index is -0.502. The molecule has 1 saturated carbocycles. The highest BCUT2D eigenvalue weighted by atomic mass is 19.1. The van der Waals surface area contributed by atoms with Gasteiger partial charge in [-0.25, -0.2) is 4.98 Å². The molecule has 0 unspecified atom stereocenters. The van der Waals surface area contributed by atoms with Crippen molar-refractivity contribution >= 4 is 0 Å². The first-order chi connectivity index (χ1) is 7.83. The smallest absolute Gasteiger partial charge is 0.255 e. The van der Waals surface area contributed by atoms with E-state index in [-0.39, 0.29) is 6.10 Å². The fraction of sp³-hybridized carbons (Fsp3) is 0.583. The second-order valence-corrected chi connectivity index (χ2v) is 4.68. The SMILES string of the molecule is Fc1ncccc1O[C@H]1C[C@H]2CNC[C@H]2C1. The van der Waals surface area contributed by atoms with Gasteiger partial charge < -0.3 is 10.1 Å². The Morgan fingerprint density at radius 3 is 2.75 bits per heavy atom. The molecular formula is C12H15FN2O. The van der Waals surface area contributed by atoms with Crippen LogP contribution in [0, 0.1) is 17.8 Å². The van der Waals surface area contributed by atoms with Crippen molar-refractivity contribution in [2.24, 2.45) is 11.8 Å². The molecule has 0 bridgehead atoms. The van der Waals surface area contributed by atoms with Crippen LogP contribution in [0.1, 0.15) is 12.8 Å². The Kier molecular flexibility index (Phi) is 2.52. The van der Waals surface area contributed by atoms with Crippen LogP contribution < -0.4 is 10.1 Å². The number of nitrogens with one attached hydrogen (secondary N) is 1. The standard InChI is InChI=1S/C12H15FN2O/c13-12-11(2-1-3-15-12)16-10-4-8-6-14-7-9(8)5-10/h1-3,8-10,14H,4-7H2/t8-,9+,10-. The van der Waals surface area contributed by atoms with Crippen LogP contribution in [0.25, 0.3) is 0 Å². The van der Waals surface area contributed by atoms with Crippen molar-refractivity contribution in [3.05, 3.63) is 24.3 Å². The summed E-state index contributed by atoms with van der Waals surface area (Å²) in [4.78, 5) is 3.59. The van der Waals surface area contributed by atoms with E-state index in [1.165, 1.54) is 6.20 Å². The molecule has 1 aliphatic heterocycles. The third kappa shape index (κ3) is 1.78. The molecule has 1 aromatic rings. The molecule has 3 nitrogen and oxygen atoms in total. The quantitative estimate of drug-likeness (QED) is 0.772. The van der Waals surface area contributed by atoms with Gasteiger partial charge in [-0.15, -0.1) is 0 Å². The normalized spacial score (nSPS) is 32.7. The van der Waals surface area contributed by atoms with E-state index in [1.807, 2.05) is 0 Å². The fourth-order valence-electron chi connectivity index (χ4n) is 2.85. The zero-order valence-corrected chi connectivity index (χ0v) is 9.03. The van der Waals surface area contributed by atoms with Crippen LogP contribution in [0.2, 0.25) is 0 Å². The van der Waals surface area contributed by atoms with Gasteiger partial charge in [-0.2, -0.15) is 4.39 Å².